The summed E-state index contributed by atoms with van der Waals surface area (Å²) in [6.07, 6.45) is 0. The zero-order valence-electron chi connectivity index (χ0n) is 6.10. The quantitative estimate of drug-likeness (QED) is 0.842. The lowest BCUT2D eigenvalue weighted by atomic mass is 10.3. The third kappa shape index (κ3) is 2.60. The summed E-state index contributed by atoms with van der Waals surface area (Å²) in [6.45, 7) is -3.00. The maximum Gasteiger partial charge on any atom is 0.387 e. The first-order chi connectivity index (χ1) is 6.00. The molecule has 6 heteroatoms. The zero-order chi connectivity index (χ0) is 10.0. The lowest BCUT2D eigenvalue weighted by Gasteiger charge is -2.07. The molecule has 0 atom stereocenters. The fourth-order valence-corrected chi connectivity index (χ4v) is 1.09. The molecule has 0 aliphatic carbocycles. The number of alkyl halides is 2. The highest BCUT2D eigenvalue weighted by Gasteiger charge is 2.12. The van der Waals surface area contributed by atoms with Crippen LogP contribution in [0.4, 0.5) is 8.78 Å². The van der Waals surface area contributed by atoms with Crippen molar-refractivity contribution in [3.63, 3.8) is 0 Å². The Hall–Kier alpha value is -0.740. The van der Waals surface area contributed by atoms with E-state index >= 15 is 0 Å². The summed E-state index contributed by atoms with van der Waals surface area (Å²) >= 11 is 10.9. The van der Waals surface area contributed by atoms with Gasteiger partial charge in [-0.15, -0.1) is 0 Å². The summed E-state index contributed by atoms with van der Waals surface area (Å²) in [7, 11) is 0. The van der Waals surface area contributed by atoms with Crippen LogP contribution in [0.15, 0.2) is 12.1 Å². The zero-order valence-corrected chi connectivity index (χ0v) is 7.61. The predicted molar refractivity (Wildman–Crippen MR) is 44.8 cm³/mol. The number of aromatic hydroxyl groups is 1. The minimum absolute atomic E-state index is 0.0672. The van der Waals surface area contributed by atoms with Gasteiger partial charge in [0.2, 0.25) is 0 Å². The normalized spacial score (nSPS) is 10.5. The van der Waals surface area contributed by atoms with E-state index in [1.165, 1.54) is 0 Å². The number of halogens is 4. The van der Waals surface area contributed by atoms with Gasteiger partial charge in [-0.05, 0) is 0 Å². The van der Waals surface area contributed by atoms with Crippen molar-refractivity contribution < 1.29 is 18.6 Å². The fraction of sp³-hybridized carbons (Fsp3) is 0.143. The van der Waals surface area contributed by atoms with Crippen LogP contribution in [0.2, 0.25) is 10.0 Å². The number of rotatable bonds is 2. The first-order valence-corrected chi connectivity index (χ1v) is 3.89. The summed E-state index contributed by atoms with van der Waals surface area (Å²) in [5.74, 6) is -0.744. The molecule has 1 aromatic rings. The molecule has 72 valence electrons. The van der Waals surface area contributed by atoms with E-state index in [-0.39, 0.29) is 15.8 Å². The van der Waals surface area contributed by atoms with E-state index < -0.39 is 12.4 Å². The molecule has 1 aromatic carbocycles. The minimum Gasteiger partial charge on any atom is -0.506 e. The van der Waals surface area contributed by atoms with E-state index in [9.17, 15) is 8.78 Å². The van der Waals surface area contributed by atoms with E-state index in [0.717, 1.165) is 12.1 Å². The van der Waals surface area contributed by atoms with Crippen molar-refractivity contribution in [3.05, 3.63) is 22.2 Å². The Labute approximate surface area is 82.6 Å². The first-order valence-electron chi connectivity index (χ1n) is 3.13. The number of hydrogen-bond acceptors (Lipinski definition) is 2. The lowest BCUT2D eigenvalue weighted by molar-refractivity contribution is -0.0498. The molecule has 0 heterocycles. The summed E-state index contributed by atoms with van der Waals surface area (Å²) in [5, 5.41) is 8.83. The van der Waals surface area contributed by atoms with E-state index in [4.69, 9.17) is 28.3 Å². The van der Waals surface area contributed by atoms with E-state index in [2.05, 4.69) is 4.74 Å². The summed E-state index contributed by atoms with van der Waals surface area (Å²) < 4.78 is 27.5. The molecule has 0 aliphatic heterocycles. The smallest absolute Gasteiger partial charge is 0.387 e. The number of hydrogen-bond donors (Lipinski definition) is 1. The molecule has 0 unspecified atom stereocenters. The van der Waals surface area contributed by atoms with Gasteiger partial charge < -0.3 is 9.84 Å². The van der Waals surface area contributed by atoms with Crippen LogP contribution in [0.25, 0.3) is 0 Å². The molecule has 0 amide bonds. The third-order valence-corrected chi connectivity index (χ3v) is 1.80. The SMILES string of the molecule is Oc1cc(Cl)cc(OC(F)F)c1Cl. The molecule has 0 bridgehead atoms. The molecule has 0 radical (unpaired) electrons. The van der Waals surface area contributed by atoms with Crippen molar-refractivity contribution in [1.29, 1.82) is 0 Å². The van der Waals surface area contributed by atoms with Crippen LogP contribution in [0, 0.1) is 0 Å². The molecule has 1 rings (SSSR count). The van der Waals surface area contributed by atoms with Crippen molar-refractivity contribution in [2.45, 2.75) is 6.61 Å². The summed E-state index contributed by atoms with van der Waals surface area (Å²) in [6, 6.07) is 2.22. The molecular formula is C7H4Cl2F2O2. The monoisotopic (exact) mass is 228 g/mol. The second-order valence-electron chi connectivity index (χ2n) is 2.12. The van der Waals surface area contributed by atoms with Gasteiger partial charge in [-0.25, -0.2) is 0 Å². The average molecular weight is 229 g/mol. The van der Waals surface area contributed by atoms with Gasteiger partial charge in [0.25, 0.3) is 0 Å². The van der Waals surface area contributed by atoms with Gasteiger partial charge in [0, 0.05) is 17.2 Å². The molecule has 2 nitrogen and oxygen atoms in total. The lowest BCUT2D eigenvalue weighted by Crippen LogP contribution is -2.02. The van der Waals surface area contributed by atoms with Gasteiger partial charge in [0.05, 0.1) is 0 Å². The second-order valence-corrected chi connectivity index (χ2v) is 2.93. The number of phenolic OH excluding ortho intramolecular Hbond substituents is 1. The van der Waals surface area contributed by atoms with Crippen molar-refractivity contribution in [2.24, 2.45) is 0 Å². The molecule has 0 aliphatic rings. The molecule has 0 spiro atoms. The van der Waals surface area contributed by atoms with Crippen molar-refractivity contribution in [1.82, 2.24) is 0 Å². The first kappa shape index (κ1) is 10.3. The van der Waals surface area contributed by atoms with Crippen LogP contribution >= 0.6 is 23.2 Å². The van der Waals surface area contributed by atoms with Crippen molar-refractivity contribution in [2.75, 3.05) is 0 Å². The molecule has 0 aromatic heterocycles. The summed E-state index contributed by atoms with van der Waals surface area (Å²) in [5.41, 5.74) is 0. The Morgan fingerprint density at radius 1 is 1.31 bits per heavy atom. The van der Waals surface area contributed by atoms with Crippen LogP contribution < -0.4 is 4.74 Å². The molecule has 0 saturated carbocycles. The molecule has 0 fully saturated rings. The third-order valence-electron chi connectivity index (χ3n) is 1.20. The molecule has 0 saturated heterocycles. The van der Waals surface area contributed by atoms with Gasteiger partial charge in [-0.3, -0.25) is 0 Å². The largest absolute Gasteiger partial charge is 0.506 e. The standard InChI is InChI=1S/C7H4Cl2F2O2/c8-3-1-4(12)6(9)5(2-3)13-7(10)11/h1-2,7,12H. The Bertz CT molecular complexity index is 318. The molecule has 13 heavy (non-hydrogen) atoms. The second kappa shape index (κ2) is 3.98. The van der Waals surface area contributed by atoms with Gasteiger partial charge in [0.15, 0.2) is 0 Å². The van der Waals surface area contributed by atoms with E-state index in [1.54, 1.807) is 0 Å². The number of benzene rings is 1. The van der Waals surface area contributed by atoms with Crippen LogP contribution in [-0.2, 0) is 0 Å². The van der Waals surface area contributed by atoms with Gasteiger partial charge >= 0.3 is 6.61 Å². The Balaban J connectivity index is 3.05. The van der Waals surface area contributed by atoms with Crippen LogP contribution in [0.5, 0.6) is 11.5 Å². The molecule has 1 N–H and O–H groups in total. The fourth-order valence-electron chi connectivity index (χ4n) is 0.732. The Morgan fingerprint density at radius 2 is 1.92 bits per heavy atom. The van der Waals surface area contributed by atoms with Crippen LogP contribution in [0.1, 0.15) is 0 Å². The average Bonchev–Trinajstić information content (AvgIpc) is 1.98. The maximum atomic E-state index is 11.8. The van der Waals surface area contributed by atoms with Gasteiger partial charge in [-0.2, -0.15) is 8.78 Å². The topological polar surface area (TPSA) is 29.5 Å². The minimum atomic E-state index is -3.00. The van der Waals surface area contributed by atoms with Crippen LogP contribution in [0.3, 0.4) is 0 Å². The highest BCUT2D eigenvalue weighted by molar-refractivity contribution is 6.35. The maximum absolute atomic E-state index is 11.8. The predicted octanol–water partition coefficient (Wildman–Crippen LogP) is 3.30. The Kier molecular flexibility index (Phi) is 3.17. The van der Waals surface area contributed by atoms with E-state index in [0.29, 0.717) is 0 Å². The summed E-state index contributed by atoms with van der Waals surface area (Å²) in [4.78, 5) is 0. The number of phenols is 1. The van der Waals surface area contributed by atoms with Crippen molar-refractivity contribution in [3.8, 4) is 11.5 Å². The number of ether oxygens (including phenoxy) is 1. The van der Waals surface area contributed by atoms with Crippen molar-refractivity contribution >= 4 is 23.2 Å². The van der Waals surface area contributed by atoms with E-state index in [1.807, 2.05) is 0 Å². The molecular weight excluding hydrogens is 225 g/mol. The van der Waals surface area contributed by atoms with Crippen LogP contribution in [-0.4, -0.2) is 11.7 Å². The Morgan fingerprint density at radius 3 is 2.46 bits per heavy atom. The van der Waals surface area contributed by atoms with Gasteiger partial charge in [-0.1, -0.05) is 23.2 Å². The van der Waals surface area contributed by atoms with Gasteiger partial charge in [0.1, 0.15) is 16.5 Å². The highest BCUT2D eigenvalue weighted by Crippen LogP contribution is 2.36. The highest BCUT2D eigenvalue weighted by atomic mass is 35.5.